The Hall–Kier alpha value is -2.64. The van der Waals surface area contributed by atoms with Crippen molar-refractivity contribution in [1.29, 1.82) is 0 Å². The second kappa shape index (κ2) is 8.00. The van der Waals surface area contributed by atoms with Gasteiger partial charge in [-0.1, -0.05) is 6.92 Å². The Morgan fingerprint density at radius 2 is 1.93 bits per heavy atom. The standard InChI is InChI=1S/C21H29N5O3/c1-2-17-16(21(29)24-8-4-3-5-9-24)10-15-12-25(13-19(27)26(15)17)20(28)14-6-7-18(22)23-11-14/h6-7,11,15-17H,2-5,8-10,12-13H2,1H3,(H2,22,23)/t15-,16-,17-/m0/s1. The van der Waals surface area contributed by atoms with E-state index in [0.29, 0.717) is 24.3 Å². The largest absolute Gasteiger partial charge is 0.384 e. The van der Waals surface area contributed by atoms with Crippen molar-refractivity contribution in [3.05, 3.63) is 23.9 Å². The maximum atomic E-state index is 13.2. The van der Waals surface area contributed by atoms with Gasteiger partial charge >= 0.3 is 0 Å². The molecule has 156 valence electrons. The minimum Gasteiger partial charge on any atom is -0.384 e. The van der Waals surface area contributed by atoms with Crippen LogP contribution in [-0.4, -0.2) is 75.7 Å². The molecule has 3 aliphatic rings. The van der Waals surface area contributed by atoms with Crippen molar-refractivity contribution in [2.45, 2.75) is 51.1 Å². The number of hydrogen-bond acceptors (Lipinski definition) is 5. The highest BCUT2D eigenvalue weighted by Crippen LogP contribution is 2.36. The monoisotopic (exact) mass is 399 g/mol. The maximum absolute atomic E-state index is 13.2. The van der Waals surface area contributed by atoms with Crippen LogP contribution in [0.15, 0.2) is 18.3 Å². The van der Waals surface area contributed by atoms with Crippen LogP contribution in [-0.2, 0) is 9.59 Å². The lowest BCUT2D eigenvalue weighted by Crippen LogP contribution is -2.57. The van der Waals surface area contributed by atoms with E-state index in [-0.39, 0.29) is 42.3 Å². The van der Waals surface area contributed by atoms with Crippen LogP contribution in [0.3, 0.4) is 0 Å². The third kappa shape index (κ3) is 3.68. The SMILES string of the molecule is CC[C@H]1[C@@H](C(=O)N2CCCCC2)C[C@H]2CN(C(=O)c3ccc(N)nc3)CC(=O)N21. The van der Waals surface area contributed by atoms with E-state index in [9.17, 15) is 14.4 Å². The second-order valence-corrected chi connectivity index (χ2v) is 8.32. The molecule has 3 atom stereocenters. The van der Waals surface area contributed by atoms with Gasteiger partial charge in [-0.25, -0.2) is 4.98 Å². The highest BCUT2D eigenvalue weighted by atomic mass is 16.2. The van der Waals surface area contributed by atoms with Crippen molar-refractivity contribution >= 4 is 23.5 Å². The molecule has 4 heterocycles. The Kier molecular flexibility index (Phi) is 5.43. The van der Waals surface area contributed by atoms with Crippen LogP contribution in [0.2, 0.25) is 0 Å². The predicted molar refractivity (Wildman–Crippen MR) is 108 cm³/mol. The number of aromatic nitrogens is 1. The summed E-state index contributed by atoms with van der Waals surface area (Å²) in [7, 11) is 0. The Balaban J connectivity index is 1.50. The van der Waals surface area contributed by atoms with Crippen LogP contribution < -0.4 is 5.73 Å². The van der Waals surface area contributed by atoms with Gasteiger partial charge in [0.1, 0.15) is 12.4 Å². The summed E-state index contributed by atoms with van der Waals surface area (Å²) in [6.45, 7) is 4.17. The number of piperidine rings is 1. The lowest BCUT2D eigenvalue weighted by atomic mass is 9.94. The number of nitrogens with two attached hydrogens (primary N) is 1. The summed E-state index contributed by atoms with van der Waals surface area (Å²) in [5.41, 5.74) is 6.02. The molecule has 2 N–H and O–H groups in total. The van der Waals surface area contributed by atoms with Crippen molar-refractivity contribution in [1.82, 2.24) is 19.7 Å². The van der Waals surface area contributed by atoms with Crippen LogP contribution in [0.5, 0.6) is 0 Å². The van der Waals surface area contributed by atoms with Gasteiger partial charge in [-0.2, -0.15) is 0 Å². The average molecular weight is 399 g/mol. The normalized spacial score (nSPS) is 27.1. The molecular weight excluding hydrogens is 370 g/mol. The van der Waals surface area contributed by atoms with Gasteiger partial charge in [0.05, 0.1) is 17.5 Å². The van der Waals surface area contributed by atoms with Crippen molar-refractivity contribution in [3.8, 4) is 0 Å². The summed E-state index contributed by atoms with van der Waals surface area (Å²) >= 11 is 0. The first kappa shape index (κ1) is 19.7. The fourth-order valence-corrected chi connectivity index (χ4v) is 5.11. The lowest BCUT2D eigenvalue weighted by Gasteiger charge is -2.40. The molecular formula is C21H29N5O3. The number of nitrogen functional groups attached to an aromatic ring is 1. The van der Waals surface area contributed by atoms with Crippen LogP contribution in [0.1, 0.15) is 49.4 Å². The number of rotatable bonds is 3. The Labute approximate surface area is 171 Å². The van der Waals surface area contributed by atoms with Gasteiger partial charge in [0, 0.05) is 31.9 Å². The highest BCUT2D eigenvalue weighted by molar-refractivity contribution is 5.97. The molecule has 0 unspecified atom stereocenters. The minimum absolute atomic E-state index is 0.0425. The first-order valence-electron chi connectivity index (χ1n) is 10.6. The number of likely N-dealkylation sites (tertiary alicyclic amines) is 1. The van der Waals surface area contributed by atoms with Gasteiger partial charge in [-0.05, 0) is 44.2 Å². The lowest BCUT2D eigenvalue weighted by molar-refractivity contribution is -0.141. The molecule has 3 amide bonds. The van der Waals surface area contributed by atoms with Gasteiger partial charge in [-0.3, -0.25) is 14.4 Å². The summed E-state index contributed by atoms with van der Waals surface area (Å²) in [5, 5.41) is 0. The zero-order valence-corrected chi connectivity index (χ0v) is 16.9. The molecule has 3 aliphatic heterocycles. The number of hydrogen-bond donors (Lipinski definition) is 1. The molecule has 0 saturated carbocycles. The van der Waals surface area contributed by atoms with E-state index in [1.165, 1.54) is 12.6 Å². The molecule has 29 heavy (non-hydrogen) atoms. The van der Waals surface area contributed by atoms with E-state index in [1.807, 2.05) is 16.7 Å². The summed E-state index contributed by atoms with van der Waals surface area (Å²) in [6.07, 6.45) is 6.11. The number of anilines is 1. The minimum atomic E-state index is -0.218. The second-order valence-electron chi connectivity index (χ2n) is 8.32. The molecule has 0 radical (unpaired) electrons. The average Bonchev–Trinajstić information content (AvgIpc) is 3.13. The number of amides is 3. The first-order valence-corrected chi connectivity index (χ1v) is 10.6. The van der Waals surface area contributed by atoms with Gasteiger partial charge in [-0.15, -0.1) is 0 Å². The molecule has 0 bridgehead atoms. The first-order chi connectivity index (χ1) is 14.0. The summed E-state index contributed by atoms with van der Waals surface area (Å²) in [5.74, 6) is 0.0749. The molecule has 1 aromatic rings. The zero-order valence-electron chi connectivity index (χ0n) is 16.9. The van der Waals surface area contributed by atoms with Crippen molar-refractivity contribution in [2.24, 2.45) is 5.92 Å². The number of fused-ring (bicyclic) bond motifs is 1. The predicted octanol–water partition coefficient (Wildman–Crippen LogP) is 1.13. The van der Waals surface area contributed by atoms with Gasteiger partial charge in [0.15, 0.2) is 0 Å². The van der Waals surface area contributed by atoms with E-state index in [4.69, 9.17) is 5.73 Å². The summed E-state index contributed by atoms with van der Waals surface area (Å²) < 4.78 is 0. The van der Waals surface area contributed by atoms with Crippen molar-refractivity contribution in [3.63, 3.8) is 0 Å². The molecule has 0 aliphatic carbocycles. The van der Waals surface area contributed by atoms with Crippen LogP contribution in [0.25, 0.3) is 0 Å². The van der Waals surface area contributed by atoms with E-state index < -0.39 is 0 Å². The number of pyridine rings is 1. The molecule has 1 aromatic heterocycles. The van der Waals surface area contributed by atoms with Crippen molar-refractivity contribution < 1.29 is 14.4 Å². The van der Waals surface area contributed by atoms with Crippen LogP contribution >= 0.6 is 0 Å². The topological polar surface area (TPSA) is 99.8 Å². The Bertz CT molecular complexity index is 790. The van der Waals surface area contributed by atoms with Crippen molar-refractivity contribution in [2.75, 3.05) is 31.9 Å². The summed E-state index contributed by atoms with van der Waals surface area (Å²) in [4.78, 5) is 48.4. The summed E-state index contributed by atoms with van der Waals surface area (Å²) in [6, 6.07) is 3.04. The number of piperazine rings is 1. The highest BCUT2D eigenvalue weighted by Gasteiger charge is 2.50. The van der Waals surface area contributed by atoms with E-state index in [0.717, 1.165) is 32.4 Å². The molecule has 8 heteroatoms. The molecule has 0 aromatic carbocycles. The zero-order chi connectivity index (χ0) is 20.5. The van der Waals surface area contributed by atoms with E-state index in [1.54, 1.807) is 17.0 Å². The smallest absolute Gasteiger partial charge is 0.255 e. The van der Waals surface area contributed by atoms with Crippen LogP contribution in [0.4, 0.5) is 5.82 Å². The fourth-order valence-electron chi connectivity index (χ4n) is 5.11. The number of carbonyl (C=O) groups excluding carboxylic acids is 3. The van der Waals surface area contributed by atoms with Gasteiger partial charge in [0.25, 0.3) is 5.91 Å². The van der Waals surface area contributed by atoms with E-state index in [2.05, 4.69) is 4.98 Å². The maximum Gasteiger partial charge on any atom is 0.255 e. The molecule has 3 saturated heterocycles. The van der Waals surface area contributed by atoms with Gasteiger partial charge in [0.2, 0.25) is 11.8 Å². The molecule has 8 nitrogen and oxygen atoms in total. The van der Waals surface area contributed by atoms with Gasteiger partial charge < -0.3 is 20.4 Å². The Morgan fingerprint density at radius 1 is 1.17 bits per heavy atom. The number of nitrogens with zero attached hydrogens (tertiary/aromatic N) is 4. The van der Waals surface area contributed by atoms with Crippen LogP contribution in [0, 0.1) is 5.92 Å². The molecule has 3 fully saturated rings. The quantitative estimate of drug-likeness (QED) is 0.821. The Morgan fingerprint density at radius 3 is 2.59 bits per heavy atom. The third-order valence-corrected chi connectivity index (χ3v) is 6.51. The fraction of sp³-hybridized carbons (Fsp3) is 0.619. The molecule has 4 rings (SSSR count). The van der Waals surface area contributed by atoms with E-state index >= 15 is 0 Å². The third-order valence-electron chi connectivity index (χ3n) is 6.51. The molecule has 0 spiro atoms. The number of carbonyl (C=O) groups is 3.